The maximum atomic E-state index is 6.32. The van der Waals surface area contributed by atoms with Gasteiger partial charge in [0, 0.05) is 11.5 Å². The maximum Gasteiger partial charge on any atom is 0.190 e. The number of nitrogens with zero attached hydrogens (tertiary/aromatic N) is 1. The Bertz CT molecular complexity index is 515. The molecule has 3 N–H and O–H groups in total. The van der Waals surface area contributed by atoms with Gasteiger partial charge in [0.05, 0.1) is 0 Å². The maximum absolute atomic E-state index is 6.32. The summed E-state index contributed by atoms with van der Waals surface area (Å²) in [6.07, 6.45) is 16.6. The first-order chi connectivity index (χ1) is 10.5. The third-order valence-corrected chi connectivity index (χ3v) is 7.37. The van der Waals surface area contributed by atoms with Gasteiger partial charge in [-0.15, -0.1) is 0 Å². The van der Waals surface area contributed by atoms with E-state index in [1.807, 2.05) is 6.08 Å². The minimum atomic E-state index is -0.402. The number of nitrogens with two attached hydrogens (primary N) is 1. The van der Waals surface area contributed by atoms with E-state index in [-0.39, 0.29) is 5.54 Å². The fraction of sp³-hybridized carbons (Fsp3) is 0.722. The second-order valence-corrected chi connectivity index (χ2v) is 9.35. The molecule has 5 rings (SSSR count). The van der Waals surface area contributed by atoms with E-state index in [2.05, 4.69) is 46.4 Å². The standard InChI is InChI=1S/C18H26BrN3/c1-12-4-2-3-5-18(12,19)22-16(20)21-17-9-13-6-14(10-17)8-15(7-13)11-17/h2-5,12-15H,6-11H2,1H3,(H3,20,21,22). The number of halogens is 1. The molecule has 4 fully saturated rings. The molecule has 5 aliphatic carbocycles. The third-order valence-electron chi connectivity index (χ3n) is 6.20. The lowest BCUT2D eigenvalue weighted by Gasteiger charge is -2.57. The van der Waals surface area contributed by atoms with Gasteiger partial charge in [0.2, 0.25) is 0 Å². The Kier molecular flexibility index (Phi) is 3.44. The molecule has 3 nitrogen and oxygen atoms in total. The van der Waals surface area contributed by atoms with Crippen molar-refractivity contribution in [3.63, 3.8) is 0 Å². The normalized spacial score (nSPS) is 49.6. The van der Waals surface area contributed by atoms with Gasteiger partial charge >= 0.3 is 0 Å². The van der Waals surface area contributed by atoms with Crippen LogP contribution in [-0.4, -0.2) is 15.9 Å². The van der Waals surface area contributed by atoms with Crippen molar-refractivity contribution in [3.8, 4) is 0 Å². The number of allylic oxidation sites excluding steroid dienone is 2. The number of aliphatic imine (C=N–C) groups is 1. The minimum absolute atomic E-state index is 0.225. The lowest BCUT2D eigenvalue weighted by atomic mass is 9.53. The summed E-state index contributed by atoms with van der Waals surface area (Å²) < 4.78 is -0.402. The van der Waals surface area contributed by atoms with E-state index in [0.717, 1.165) is 17.8 Å². The summed E-state index contributed by atoms with van der Waals surface area (Å²) in [6.45, 7) is 2.16. The van der Waals surface area contributed by atoms with E-state index in [1.54, 1.807) is 0 Å². The largest absolute Gasteiger partial charge is 0.370 e. The molecule has 2 unspecified atom stereocenters. The van der Waals surface area contributed by atoms with Crippen molar-refractivity contribution in [2.45, 2.75) is 55.4 Å². The van der Waals surface area contributed by atoms with Crippen molar-refractivity contribution in [2.75, 3.05) is 0 Å². The molecule has 4 heteroatoms. The molecule has 0 aromatic carbocycles. The van der Waals surface area contributed by atoms with Crippen LogP contribution < -0.4 is 11.1 Å². The summed E-state index contributed by atoms with van der Waals surface area (Å²) >= 11 is 3.77. The number of nitrogens with one attached hydrogen (secondary N) is 1. The molecule has 5 aliphatic rings. The highest BCUT2D eigenvalue weighted by Gasteiger charge is 2.51. The number of hydrogen-bond acceptors (Lipinski definition) is 1. The predicted molar refractivity (Wildman–Crippen MR) is 94.8 cm³/mol. The molecule has 0 aromatic rings. The Balaban J connectivity index is 1.52. The number of guanidine groups is 1. The quantitative estimate of drug-likeness (QED) is 0.340. The second-order valence-electron chi connectivity index (χ2n) is 8.08. The van der Waals surface area contributed by atoms with Crippen LogP contribution in [0.3, 0.4) is 0 Å². The van der Waals surface area contributed by atoms with Crippen molar-refractivity contribution in [2.24, 2.45) is 34.4 Å². The van der Waals surface area contributed by atoms with E-state index in [4.69, 9.17) is 10.7 Å². The summed E-state index contributed by atoms with van der Waals surface area (Å²) in [5.74, 6) is 3.66. The van der Waals surface area contributed by atoms with Crippen LogP contribution in [0.1, 0.15) is 45.4 Å². The topological polar surface area (TPSA) is 50.4 Å². The van der Waals surface area contributed by atoms with E-state index in [0.29, 0.717) is 11.9 Å². The van der Waals surface area contributed by atoms with Gasteiger partial charge in [-0.2, -0.15) is 0 Å². The van der Waals surface area contributed by atoms with E-state index < -0.39 is 4.45 Å². The van der Waals surface area contributed by atoms with Gasteiger partial charge in [0.1, 0.15) is 4.45 Å². The van der Waals surface area contributed by atoms with Gasteiger partial charge in [-0.05, 0) is 62.4 Å². The molecule has 0 heterocycles. The summed E-state index contributed by atoms with van der Waals surface area (Å²) in [5, 5.41) is 3.66. The molecular weight excluding hydrogens is 338 g/mol. The Labute approximate surface area is 141 Å². The van der Waals surface area contributed by atoms with Gasteiger partial charge in [0.25, 0.3) is 0 Å². The number of rotatable bonds is 2. The van der Waals surface area contributed by atoms with Gasteiger partial charge in [0.15, 0.2) is 5.96 Å². The van der Waals surface area contributed by atoms with Crippen LogP contribution in [-0.2, 0) is 0 Å². The van der Waals surface area contributed by atoms with Crippen LogP contribution in [0.25, 0.3) is 0 Å². The first-order valence-corrected chi connectivity index (χ1v) is 9.44. The molecular formula is C18H26BrN3. The SMILES string of the molecule is CC1C=CC=CC1(Br)N=C(N)NC12CC3CC(CC(C3)C1)C2. The molecule has 4 bridgehead atoms. The molecule has 0 spiro atoms. The summed E-state index contributed by atoms with van der Waals surface area (Å²) in [4.78, 5) is 4.79. The second kappa shape index (κ2) is 5.12. The Hall–Kier alpha value is -0.770. The van der Waals surface area contributed by atoms with Crippen LogP contribution in [0.4, 0.5) is 0 Å². The summed E-state index contributed by atoms with van der Waals surface area (Å²) in [7, 11) is 0. The zero-order valence-corrected chi connectivity index (χ0v) is 14.8. The van der Waals surface area contributed by atoms with Crippen molar-refractivity contribution in [3.05, 3.63) is 24.3 Å². The highest BCUT2D eigenvalue weighted by Crippen LogP contribution is 2.55. The summed E-state index contributed by atoms with van der Waals surface area (Å²) in [5.41, 5.74) is 6.55. The van der Waals surface area contributed by atoms with E-state index in [1.165, 1.54) is 38.5 Å². The molecule has 0 aliphatic heterocycles. The minimum Gasteiger partial charge on any atom is -0.370 e. The number of alkyl halides is 1. The average Bonchev–Trinajstić information content (AvgIpc) is 2.39. The molecule has 2 atom stereocenters. The molecule has 0 radical (unpaired) electrons. The molecule has 4 saturated carbocycles. The highest BCUT2D eigenvalue weighted by molar-refractivity contribution is 9.10. The zero-order chi connectivity index (χ0) is 15.4. The fourth-order valence-corrected chi connectivity index (χ4v) is 6.09. The first-order valence-electron chi connectivity index (χ1n) is 8.65. The lowest BCUT2D eigenvalue weighted by molar-refractivity contribution is -0.0103. The van der Waals surface area contributed by atoms with Crippen LogP contribution in [0, 0.1) is 23.7 Å². The number of hydrogen-bond donors (Lipinski definition) is 2. The third kappa shape index (κ3) is 2.53. The van der Waals surface area contributed by atoms with Gasteiger partial charge < -0.3 is 11.1 Å². The zero-order valence-electron chi connectivity index (χ0n) is 13.3. The van der Waals surface area contributed by atoms with Crippen molar-refractivity contribution < 1.29 is 0 Å². The lowest BCUT2D eigenvalue weighted by Crippen LogP contribution is -2.61. The molecule has 0 amide bonds. The Morgan fingerprint density at radius 1 is 1.14 bits per heavy atom. The molecule has 22 heavy (non-hydrogen) atoms. The van der Waals surface area contributed by atoms with Crippen LogP contribution in [0.2, 0.25) is 0 Å². The fourth-order valence-electron chi connectivity index (χ4n) is 5.60. The van der Waals surface area contributed by atoms with Crippen molar-refractivity contribution in [1.29, 1.82) is 0 Å². The smallest absolute Gasteiger partial charge is 0.190 e. The van der Waals surface area contributed by atoms with E-state index in [9.17, 15) is 0 Å². The average molecular weight is 364 g/mol. The van der Waals surface area contributed by atoms with Crippen LogP contribution in [0.15, 0.2) is 29.3 Å². The Morgan fingerprint density at radius 3 is 2.27 bits per heavy atom. The van der Waals surface area contributed by atoms with Crippen LogP contribution >= 0.6 is 15.9 Å². The van der Waals surface area contributed by atoms with Gasteiger partial charge in [-0.25, -0.2) is 4.99 Å². The van der Waals surface area contributed by atoms with Crippen molar-refractivity contribution in [1.82, 2.24) is 5.32 Å². The van der Waals surface area contributed by atoms with Crippen LogP contribution in [0.5, 0.6) is 0 Å². The predicted octanol–water partition coefficient (Wildman–Crippen LogP) is 3.71. The summed E-state index contributed by atoms with van der Waals surface area (Å²) in [6, 6.07) is 0. The Morgan fingerprint density at radius 2 is 1.73 bits per heavy atom. The van der Waals surface area contributed by atoms with Gasteiger partial charge in [-0.1, -0.05) is 41.1 Å². The van der Waals surface area contributed by atoms with Gasteiger partial charge in [-0.3, -0.25) is 0 Å². The highest BCUT2D eigenvalue weighted by atomic mass is 79.9. The molecule has 0 aromatic heterocycles. The monoisotopic (exact) mass is 363 g/mol. The first kappa shape index (κ1) is 14.8. The molecule has 0 saturated heterocycles. The molecule has 120 valence electrons. The van der Waals surface area contributed by atoms with E-state index >= 15 is 0 Å². The van der Waals surface area contributed by atoms with Crippen molar-refractivity contribution >= 4 is 21.9 Å².